The third-order valence-electron chi connectivity index (χ3n) is 4.52. The molecule has 4 rings (SSSR count). The number of hydrogen-bond acceptors (Lipinski definition) is 6. The van der Waals surface area contributed by atoms with Crippen molar-refractivity contribution in [2.24, 2.45) is 5.92 Å². The number of likely N-dealkylation sites (tertiary alicyclic amines) is 1. The minimum Gasteiger partial charge on any atom is -0.448 e. The minimum absolute atomic E-state index is 0.0661. The highest BCUT2D eigenvalue weighted by molar-refractivity contribution is 5.56. The number of nitrogens with zero attached hydrogens (tertiary/aromatic N) is 5. The van der Waals surface area contributed by atoms with Crippen LogP contribution in [-0.2, 0) is 13.1 Å². The molecule has 0 saturated carbocycles. The van der Waals surface area contributed by atoms with Crippen molar-refractivity contribution < 1.29 is 4.42 Å². The Morgan fingerprint density at radius 1 is 1.20 bits per heavy atom. The number of oxazole rings is 1. The van der Waals surface area contributed by atoms with E-state index in [9.17, 15) is 4.79 Å². The molecule has 3 aromatic heterocycles. The Morgan fingerprint density at radius 2 is 2.00 bits per heavy atom. The van der Waals surface area contributed by atoms with Gasteiger partial charge in [0.05, 0.1) is 17.9 Å². The molecule has 1 aliphatic rings. The van der Waals surface area contributed by atoms with E-state index in [0.717, 1.165) is 42.3 Å². The molecule has 7 nitrogen and oxygen atoms in total. The van der Waals surface area contributed by atoms with Crippen molar-refractivity contribution in [2.75, 3.05) is 13.1 Å². The second-order valence-electron chi connectivity index (χ2n) is 6.39. The van der Waals surface area contributed by atoms with Crippen molar-refractivity contribution in [3.8, 4) is 11.3 Å². The standard InChI is InChI=1S/C18H19N5O2/c1-13-17(20-12-25-13)11-22-8-14(9-22)10-23-18(24)3-2-16(21-23)15-4-6-19-7-5-15/h2-7,12,14H,8-11H2,1H3. The molecule has 0 atom stereocenters. The van der Waals surface area contributed by atoms with E-state index in [1.807, 2.05) is 19.1 Å². The second kappa shape index (κ2) is 6.60. The van der Waals surface area contributed by atoms with E-state index in [4.69, 9.17) is 4.42 Å². The molecule has 1 fully saturated rings. The predicted octanol–water partition coefficient (Wildman–Crippen LogP) is 1.73. The van der Waals surface area contributed by atoms with Gasteiger partial charge in [0.2, 0.25) is 0 Å². The summed E-state index contributed by atoms with van der Waals surface area (Å²) >= 11 is 0. The molecule has 0 unspecified atom stereocenters. The molecular weight excluding hydrogens is 318 g/mol. The van der Waals surface area contributed by atoms with Crippen LogP contribution in [0, 0.1) is 12.8 Å². The first-order valence-electron chi connectivity index (χ1n) is 8.29. The summed E-state index contributed by atoms with van der Waals surface area (Å²) in [7, 11) is 0. The van der Waals surface area contributed by atoms with Crippen LogP contribution in [0.3, 0.4) is 0 Å². The smallest absolute Gasteiger partial charge is 0.266 e. The molecule has 0 aliphatic carbocycles. The van der Waals surface area contributed by atoms with Crippen LogP contribution < -0.4 is 5.56 Å². The Bertz CT molecular complexity index is 912. The largest absolute Gasteiger partial charge is 0.448 e. The van der Waals surface area contributed by atoms with Crippen LogP contribution in [0.15, 0.2) is 52.3 Å². The molecule has 1 aliphatic heterocycles. The summed E-state index contributed by atoms with van der Waals surface area (Å²) in [5.74, 6) is 1.29. The van der Waals surface area contributed by atoms with Crippen LogP contribution in [-0.4, -0.2) is 37.7 Å². The summed E-state index contributed by atoms with van der Waals surface area (Å²) in [4.78, 5) is 22.6. The van der Waals surface area contributed by atoms with Gasteiger partial charge in [-0.25, -0.2) is 9.67 Å². The molecule has 7 heteroatoms. The van der Waals surface area contributed by atoms with Gasteiger partial charge in [-0.1, -0.05) is 0 Å². The molecule has 1 saturated heterocycles. The quantitative estimate of drug-likeness (QED) is 0.706. The Morgan fingerprint density at radius 3 is 2.72 bits per heavy atom. The van der Waals surface area contributed by atoms with Gasteiger partial charge in [0.15, 0.2) is 6.39 Å². The molecular formula is C18H19N5O2. The Kier molecular flexibility index (Phi) is 4.15. The summed E-state index contributed by atoms with van der Waals surface area (Å²) in [5, 5.41) is 4.51. The fraction of sp³-hybridized carbons (Fsp3) is 0.333. The molecule has 0 N–H and O–H groups in total. The first kappa shape index (κ1) is 15.7. The first-order valence-corrected chi connectivity index (χ1v) is 8.29. The van der Waals surface area contributed by atoms with Gasteiger partial charge in [-0.3, -0.25) is 14.7 Å². The van der Waals surface area contributed by atoms with Crippen molar-refractivity contribution in [2.45, 2.75) is 20.0 Å². The van der Waals surface area contributed by atoms with Crippen LogP contribution in [0.2, 0.25) is 0 Å². The van der Waals surface area contributed by atoms with Gasteiger partial charge in [0, 0.05) is 49.6 Å². The molecule has 25 heavy (non-hydrogen) atoms. The summed E-state index contributed by atoms with van der Waals surface area (Å²) in [6.07, 6.45) is 4.93. The highest BCUT2D eigenvalue weighted by Gasteiger charge is 2.28. The zero-order valence-corrected chi connectivity index (χ0v) is 14.0. The van der Waals surface area contributed by atoms with Gasteiger partial charge in [0.25, 0.3) is 5.56 Å². The van der Waals surface area contributed by atoms with Crippen molar-refractivity contribution in [3.05, 3.63) is 64.9 Å². The average Bonchev–Trinajstić information content (AvgIpc) is 3.00. The zero-order chi connectivity index (χ0) is 17.2. The number of aryl methyl sites for hydroxylation is 1. The van der Waals surface area contributed by atoms with Gasteiger partial charge in [-0.05, 0) is 25.1 Å². The zero-order valence-electron chi connectivity index (χ0n) is 14.0. The summed E-state index contributed by atoms with van der Waals surface area (Å²) in [6, 6.07) is 7.12. The van der Waals surface area contributed by atoms with Gasteiger partial charge in [0.1, 0.15) is 5.76 Å². The summed E-state index contributed by atoms with van der Waals surface area (Å²) < 4.78 is 6.80. The lowest BCUT2D eigenvalue weighted by Gasteiger charge is -2.38. The maximum Gasteiger partial charge on any atom is 0.266 e. The monoisotopic (exact) mass is 337 g/mol. The molecule has 0 amide bonds. The molecule has 0 aromatic carbocycles. The Hall–Kier alpha value is -2.80. The highest BCUT2D eigenvalue weighted by Crippen LogP contribution is 2.21. The van der Waals surface area contributed by atoms with Crippen LogP contribution in [0.4, 0.5) is 0 Å². The SMILES string of the molecule is Cc1ocnc1CN1CC(Cn2nc(-c3ccncc3)ccc2=O)C1. The van der Waals surface area contributed by atoms with Gasteiger partial charge < -0.3 is 4.42 Å². The van der Waals surface area contributed by atoms with Crippen molar-refractivity contribution in [1.82, 2.24) is 24.6 Å². The molecule has 4 heterocycles. The molecule has 0 radical (unpaired) electrons. The minimum atomic E-state index is -0.0661. The number of aromatic nitrogens is 4. The molecule has 3 aromatic rings. The van der Waals surface area contributed by atoms with Crippen LogP contribution in [0.1, 0.15) is 11.5 Å². The Labute approximate surface area is 145 Å². The maximum absolute atomic E-state index is 12.1. The number of hydrogen-bond donors (Lipinski definition) is 0. The topological polar surface area (TPSA) is 77.1 Å². The van der Waals surface area contributed by atoms with Gasteiger partial charge in [-0.2, -0.15) is 5.10 Å². The fourth-order valence-electron chi connectivity index (χ4n) is 3.11. The Balaban J connectivity index is 1.40. The third-order valence-corrected chi connectivity index (χ3v) is 4.52. The van der Waals surface area contributed by atoms with E-state index in [0.29, 0.717) is 12.5 Å². The second-order valence-corrected chi connectivity index (χ2v) is 6.39. The molecule has 0 spiro atoms. The number of rotatable bonds is 5. The van der Waals surface area contributed by atoms with E-state index in [-0.39, 0.29) is 5.56 Å². The molecule has 128 valence electrons. The van der Waals surface area contributed by atoms with E-state index in [1.54, 1.807) is 29.2 Å². The van der Waals surface area contributed by atoms with Crippen molar-refractivity contribution in [3.63, 3.8) is 0 Å². The van der Waals surface area contributed by atoms with Crippen molar-refractivity contribution >= 4 is 0 Å². The summed E-state index contributed by atoms with van der Waals surface area (Å²) in [5.41, 5.74) is 2.66. The highest BCUT2D eigenvalue weighted by atomic mass is 16.3. The van der Waals surface area contributed by atoms with Gasteiger partial charge >= 0.3 is 0 Å². The lowest BCUT2D eigenvalue weighted by atomic mass is 10.00. The van der Waals surface area contributed by atoms with E-state index in [2.05, 4.69) is 20.0 Å². The summed E-state index contributed by atoms with van der Waals surface area (Å²) in [6.45, 7) is 5.21. The van der Waals surface area contributed by atoms with Crippen LogP contribution in [0.25, 0.3) is 11.3 Å². The van der Waals surface area contributed by atoms with Crippen LogP contribution in [0.5, 0.6) is 0 Å². The van der Waals surface area contributed by atoms with Gasteiger partial charge in [-0.15, -0.1) is 0 Å². The van der Waals surface area contributed by atoms with E-state index < -0.39 is 0 Å². The lowest BCUT2D eigenvalue weighted by molar-refractivity contribution is 0.0752. The first-order chi connectivity index (χ1) is 12.2. The average molecular weight is 337 g/mol. The van der Waals surface area contributed by atoms with E-state index >= 15 is 0 Å². The molecule has 0 bridgehead atoms. The van der Waals surface area contributed by atoms with Crippen molar-refractivity contribution in [1.29, 1.82) is 0 Å². The lowest BCUT2D eigenvalue weighted by Crippen LogP contribution is -2.49. The van der Waals surface area contributed by atoms with E-state index in [1.165, 1.54) is 6.39 Å². The third kappa shape index (κ3) is 3.36. The number of pyridine rings is 1. The van der Waals surface area contributed by atoms with Crippen LogP contribution >= 0.6 is 0 Å². The normalized spacial score (nSPS) is 15.2. The maximum atomic E-state index is 12.1. The fourth-order valence-corrected chi connectivity index (χ4v) is 3.11. The predicted molar refractivity (Wildman–Crippen MR) is 91.7 cm³/mol.